The molecule has 0 aromatic heterocycles. The van der Waals surface area contributed by atoms with E-state index >= 15 is 13.2 Å². The first-order valence-electron chi connectivity index (χ1n) is 24.2. The summed E-state index contributed by atoms with van der Waals surface area (Å²) in [5.74, 6) is -5.61. The van der Waals surface area contributed by atoms with Gasteiger partial charge >= 0.3 is 28.5 Å². The first-order valence-corrected chi connectivity index (χ1v) is 25.0. The summed E-state index contributed by atoms with van der Waals surface area (Å²) in [5.41, 5.74) is 4.31. The van der Waals surface area contributed by atoms with Gasteiger partial charge in [-0.1, -0.05) is 115 Å². The minimum atomic E-state index is -1.85. The summed E-state index contributed by atoms with van der Waals surface area (Å²) in [5, 5.41) is 17.7. The van der Waals surface area contributed by atoms with E-state index in [2.05, 4.69) is 15.9 Å². The second kappa shape index (κ2) is 26.5. The van der Waals surface area contributed by atoms with Crippen LogP contribution in [-0.4, -0.2) is 44.0 Å². The van der Waals surface area contributed by atoms with Crippen LogP contribution >= 0.6 is 15.9 Å². The van der Waals surface area contributed by atoms with Gasteiger partial charge in [-0.25, -0.2) is 43.9 Å². The van der Waals surface area contributed by atoms with Gasteiger partial charge in [0.05, 0.1) is 4.47 Å². The van der Waals surface area contributed by atoms with Gasteiger partial charge < -0.3 is 29.2 Å². The van der Waals surface area contributed by atoms with Crippen LogP contribution in [-0.2, 0) is 13.7 Å². The molecule has 1 aliphatic rings. The highest BCUT2D eigenvalue weighted by Crippen LogP contribution is 2.28. The van der Waals surface area contributed by atoms with E-state index in [4.69, 9.17) is 23.8 Å². The Hall–Kier alpha value is -8.00. The summed E-state index contributed by atoms with van der Waals surface area (Å²) in [6.45, 7) is 0. The van der Waals surface area contributed by atoms with Crippen molar-refractivity contribution in [1.29, 1.82) is 0 Å². The van der Waals surface area contributed by atoms with E-state index in [-0.39, 0.29) is 39.0 Å². The SMILES string of the molecule is Fc1cccc(-c2ccc(B3OB(c4ccc(-c5cccc(F)c5)cc4F)OB(c4ccc(-c5cccc(F)c5)cc4F)O3)c(F)c2)c1.Fc1cccc(-c2ccc(Br)c(F)c2)c1.O.OB(O)c1ccc(-c2cccc(F)c2)cc1F. The van der Waals surface area contributed by atoms with Crippen LogP contribution in [0, 0.1) is 58.2 Å². The van der Waals surface area contributed by atoms with Gasteiger partial charge in [-0.2, -0.15) is 0 Å². The van der Waals surface area contributed by atoms with Crippen LogP contribution in [0.5, 0.6) is 0 Å². The number of rotatable bonds is 9. The summed E-state index contributed by atoms with van der Waals surface area (Å²) in [4.78, 5) is 0. The van der Waals surface area contributed by atoms with Gasteiger partial charge in [0.25, 0.3) is 0 Å². The zero-order valence-electron chi connectivity index (χ0n) is 41.8. The van der Waals surface area contributed by atoms with Gasteiger partial charge in [-0.15, -0.1) is 0 Å². The Morgan fingerprint density at radius 2 is 0.543 bits per heavy atom. The zero-order chi connectivity index (χ0) is 56.6. The van der Waals surface area contributed by atoms with Crippen molar-refractivity contribution < 1.29 is 73.1 Å². The molecule has 4 N–H and O–H groups in total. The zero-order valence-corrected chi connectivity index (χ0v) is 43.4. The molecule has 1 aliphatic heterocycles. The third kappa shape index (κ3) is 14.7. The molecule has 0 bridgehead atoms. The van der Waals surface area contributed by atoms with Crippen molar-refractivity contribution in [3.05, 3.63) is 275 Å². The molecule has 1 fully saturated rings. The molecule has 0 saturated carbocycles. The largest absolute Gasteiger partial charge is 0.491 e. The van der Waals surface area contributed by atoms with Crippen molar-refractivity contribution in [1.82, 2.24) is 0 Å². The number of benzene rings is 10. The van der Waals surface area contributed by atoms with Crippen molar-refractivity contribution in [2.24, 2.45) is 0 Å². The van der Waals surface area contributed by atoms with Crippen molar-refractivity contribution in [3.8, 4) is 55.6 Å². The van der Waals surface area contributed by atoms with Crippen molar-refractivity contribution in [3.63, 3.8) is 0 Å². The summed E-state index contributed by atoms with van der Waals surface area (Å²) in [6.07, 6.45) is 0. The quantitative estimate of drug-likeness (QED) is 0.111. The highest BCUT2D eigenvalue weighted by molar-refractivity contribution is 9.10. The third-order valence-corrected chi connectivity index (χ3v) is 13.1. The molecule has 0 spiro atoms. The molecule has 0 amide bonds. The molecule has 0 radical (unpaired) electrons. The van der Waals surface area contributed by atoms with Crippen LogP contribution < -0.4 is 21.9 Å². The van der Waals surface area contributed by atoms with Crippen LogP contribution in [0.25, 0.3) is 55.6 Å². The van der Waals surface area contributed by atoms with Crippen molar-refractivity contribution in [2.45, 2.75) is 0 Å². The van der Waals surface area contributed by atoms with E-state index in [9.17, 15) is 30.7 Å². The fraction of sp³-hybridized carbons (Fsp3) is 0. The lowest BCUT2D eigenvalue weighted by Gasteiger charge is -2.32. The second-order valence-electron chi connectivity index (χ2n) is 17.9. The molecule has 0 unspecified atom stereocenters. The molecule has 10 aromatic carbocycles. The molecule has 0 aliphatic carbocycles. The molecule has 1 saturated heterocycles. The Morgan fingerprint density at radius 1 is 0.296 bits per heavy atom. The molecule has 81 heavy (non-hydrogen) atoms. The standard InChI is InChI=1S/C36H21B3F6O3.C12H9BF2O2.C12H7BrF2.H2O/c40-28-7-1-4-22(16-28)25-10-13-31(34(43)19-25)37-46-38(32-14-11-26(20-35(32)44)23-5-2-8-29(41)17-23)48-39(47-37)33-15-12-27(21-36(33)45)24-6-3-9-30(42)18-24;14-10-3-1-2-8(6-10)9-4-5-11(13(16)17)12(15)7-9;13-11-5-4-9(7-12(11)15)8-2-1-3-10(14)6-8;/h1-21H;1-7,16-17H;1-7H;1H2. The molecule has 1 heterocycles. The topological polar surface area (TPSA) is 99.7 Å². The molecule has 11 rings (SSSR count). The summed E-state index contributed by atoms with van der Waals surface area (Å²) in [6, 6.07) is 49.7. The molecule has 404 valence electrons. The minimum absolute atomic E-state index is 0. The number of halogens is 11. The molecule has 10 aromatic rings. The Kier molecular flexibility index (Phi) is 19.4. The Balaban J connectivity index is 0.000000211. The predicted molar refractivity (Wildman–Crippen MR) is 300 cm³/mol. The van der Waals surface area contributed by atoms with Crippen molar-refractivity contribution in [2.75, 3.05) is 0 Å². The van der Waals surface area contributed by atoms with Gasteiger partial charge in [-0.05, 0) is 169 Å². The molecule has 6 nitrogen and oxygen atoms in total. The maximum Gasteiger partial charge on any atom is 0.491 e. The molecular formula is C60H39B4BrF10O6. The Morgan fingerprint density at radius 3 is 0.790 bits per heavy atom. The van der Waals surface area contributed by atoms with E-state index in [1.54, 1.807) is 66.7 Å². The first-order chi connectivity index (χ1) is 38.5. The number of hydrogen-bond acceptors (Lipinski definition) is 5. The van der Waals surface area contributed by atoms with Crippen LogP contribution in [0.15, 0.2) is 217 Å². The average Bonchev–Trinajstić information content (AvgIpc) is 3.50. The second-order valence-corrected chi connectivity index (χ2v) is 18.8. The fourth-order valence-corrected chi connectivity index (χ4v) is 8.74. The normalized spacial score (nSPS) is 11.9. The summed E-state index contributed by atoms with van der Waals surface area (Å²) < 4.78 is 159. The lowest BCUT2D eigenvalue weighted by molar-refractivity contribution is 0.306. The van der Waals surface area contributed by atoms with E-state index in [1.807, 2.05) is 0 Å². The average molecular weight is 1170 g/mol. The Bertz CT molecular complexity index is 3620. The molecule has 0 atom stereocenters. The van der Waals surface area contributed by atoms with Crippen LogP contribution in [0.1, 0.15) is 0 Å². The van der Waals surface area contributed by atoms with E-state index < -0.39 is 75.0 Å². The molecule has 21 heteroatoms. The number of hydrogen-bond donors (Lipinski definition) is 2. The lowest BCUT2D eigenvalue weighted by atomic mass is 9.61. The lowest BCUT2D eigenvalue weighted by Crippen LogP contribution is -2.62. The monoisotopic (exact) mass is 1170 g/mol. The van der Waals surface area contributed by atoms with Crippen LogP contribution in [0.2, 0.25) is 0 Å². The van der Waals surface area contributed by atoms with Gasteiger partial charge in [0.15, 0.2) is 0 Å². The first kappa shape index (κ1) is 59.1. The van der Waals surface area contributed by atoms with E-state index in [0.29, 0.717) is 60.1 Å². The van der Waals surface area contributed by atoms with E-state index in [1.165, 1.54) is 140 Å². The predicted octanol–water partition coefficient (Wildman–Crippen LogP) is 12.0. The highest BCUT2D eigenvalue weighted by atomic mass is 79.9. The van der Waals surface area contributed by atoms with Crippen LogP contribution in [0.3, 0.4) is 0 Å². The smallest absolute Gasteiger partial charge is 0.444 e. The van der Waals surface area contributed by atoms with E-state index in [0.717, 1.165) is 6.07 Å². The maximum atomic E-state index is 15.7. The van der Waals surface area contributed by atoms with Crippen LogP contribution in [0.4, 0.5) is 43.9 Å². The fourth-order valence-electron chi connectivity index (χ4n) is 8.50. The van der Waals surface area contributed by atoms with Gasteiger partial charge in [-0.3, -0.25) is 0 Å². The highest BCUT2D eigenvalue weighted by Gasteiger charge is 2.46. The molecular weight excluding hydrogens is 1130 g/mol. The maximum absolute atomic E-state index is 15.7. The summed E-state index contributed by atoms with van der Waals surface area (Å²) in [7, 11) is -6.35. The third-order valence-electron chi connectivity index (χ3n) is 12.5. The summed E-state index contributed by atoms with van der Waals surface area (Å²) >= 11 is 3.07. The van der Waals surface area contributed by atoms with Gasteiger partial charge in [0, 0.05) is 21.9 Å². The Labute approximate surface area is 467 Å². The van der Waals surface area contributed by atoms with Crippen molar-refractivity contribution >= 4 is 66.3 Å². The van der Waals surface area contributed by atoms with Gasteiger partial charge in [0.2, 0.25) is 0 Å². The minimum Gasteiger partial charge on any atom is -0.444 e. The van der Waals surface area contributed by atoms with Gasteiger partial charge in [0.1, 0.15) is 58.2 Å².